The summed E-state index contributed by atoms with van der Waals surface area (Å²) < 4.78 is 11.1. The van der Waals surface area contributed by atoms with Gasteiger partial charge in [-0.15, -0.1) is 0 Å². The van der Waals surface area contributed by atoms with E-state index >= 15 is 0 Å². The number of hydrogen-bond donors (Lipinski definition) is 0. The first kappa shape index (κ1) is 27.6. The Hall–Kier alpha value is -1.91. The molecule has 5 aliphatic carbocycles. The van der Waals surface area contributed by atoms with Crippen LogP contribution in [0, 0.1) is 50.2 Å². The van der Waals surface area contributed by atoms with Crippen molar-refractivity contribution in [3.63, 3.8) is 0 Å². The summed E-state index contributed by atoms with van der Waals surface area (Å²) in [5.74, 6) is -0.00975. The molecule has 0 saturated heterocycles. The van der Waals surface area contributed by atoms with Crippen molar-refractivity contribution in [2.75, 3.05) is 7.11 Å². The van der Waals surface area contributed by atoms with Crippen molar-refractivity contribution in [3.8, 4) is 0 Å². The second kappa shape index (κ2) is 8.30. The number of esters is 2. The van der Waals surface area contributed by atoms with Crippen LogP contribution in [-0.2, 0) is 23.9 Å². The molecule has 0 heterocycles. The molecule has 3 unspecified atom stereocenters. The Balaban J connectivity index is 1.66. The molecule has 0 radical (unpaired) electrons. The average Bonchev–Trinajstić information content (AvgIpc) is 2.82. The summed E-state index contributed by atoms with van der Waals surface area (Å²) >= 11 is 0. The van der Waals surface area contributed by atoms with Crippen LogP contribution >= 0.6 is 0 Å². The predicted octanol–water partition coefficient (Wildman–Crippen LogP) is 6.85. The van der Waals surface area contributed by atoms with Gasteiger partial charge in [-0.1, -0.05) is 54.5 Å². The molecule has 3 saturated carbocycles. The van der Waals surface area contributed by atoms with Gasteiger partial charge < -0.3 is 9.47 Å². The molecule has 0 N–H and O–H groups in total. The van der Waals surface area contributed by atoms with Crippen LogP contribution in [0.25, 0.3) is 0 Å². The zero-order chi connectivity index (χ0) is 28.1. The lowest BCUT2D eigenvalue weighted by Gasteiger charge is -2.71. The first-order valence-electron chi connectivity index (χ1n) is 14.7. The molecule has 0 aromatic carbocycles. The van der Waals surface area contributed by atoms with E-state index in [-0.39, 0.29) is 62.7 Å². The molecule has 0 amide bonds. The van der Waals surface area contributed by atoms with Crippen molar-refractivity contribution in [3.05, 3.63) is 23.8 Å². The monoisotopic (exact) mass is 524 g/mol. The quantitative estimate of drug-likeness (QED) is 0.292. The molecule has 0 aromatic rings. The molecule has 5 heteroatoms. The molecule has 5 nitrogen and oxygen atoms in total. The Morgan fingerprint density at radius 2 is 1.58 bits per heavy atom. The van der Waals surface area contributed by atoms with Crippen molar-refractivity contribution < 1.29 is 23.9 Å². The maximum atomic E-state index is 14.4. The molecule has 5 aliphatic rings. The minimum Gasteiger partial charge on any atom is -0.469 e. The van der Waals surface area contributed by atoms with E-state index in [1.165, 1.54) is 19.6 Å². The Bertz CT molecular complexity index is 1130. The molecule has 9 atom stereocenters. The third-order valence-corrected chi connectivity index (χ3v) is 13.1. The first-order valence-corrected chi connectivity index (χ1v) is 14.7. The third-order valence-electron chi connectivity index (χ3n) is 13.1. The molecule has 3 fully saturated rings. The number of rotatable bonds is 2. The summed E-state index contributed by atoms with van der Waals surface area (Å²) in [5, 5.41) is 0. The highest BCUT2D eigenvalue weighted by Crippen LogP contribution is 2.76. The van der Waals surface area contributed by atoms with E-state index < -0.39 is 5.41 Å². The number of methoxy groups -OCH3 is 1. The molecule has 210 valence electrons. The van der Waals surface area contributed by atoms with Crippen LogP contribution in [-0.4, -0.2) is 30.9 Å². The molecule has 0 spiro atoms. The summed E-state index contributed by atoms with van der Waals surface area (Å²) in [6.07, 6.45) is 12.1. The van der Waals surface area contributed by atoms with E-state index in [9.17, 15) is 14.4 Å². The second-order valence-corrected chi connectivity index (χ2v) is 15.2. The number of carbonyl (C=O) groups excluding carboxylic acids is 3. The van der Waals surface area contributed by atoms with Crippen LogP contribution in [0.4, 0.5) is 0 Å². The number of ether oxygens (including phenoxy) is 2. The average molecular weight is 525 g/mol. The molecule has 5 rings (SSSR count). The molecular weight excluding hydrogens is 476 g/mol. The minimum atomic E-state index is -0.563. The van der Waals surface area contributed by atoms with Gasteiger partial charge in [-0.3, -0.25) is 14.4 Å². The van der Waals surface area contributed by atoms with Gasteiger partial charge in [0.1, 0.15) is 6.10 Å². The Kier molecular flexibility index (Phi) is 6.04. The molecule has 0 aliphatic heterocycles. The smallest absolute Gasteiger partial charge is 0.312 e. The maximum Gasteiger partial charge on any atom is 0.312 e. The van der Waals surface area contributed by atoms with Gasteiger partial charge in [0.25, 0.3) is 0 Å². The van der Waals surface area contributed by atoms with Crippen molar-refractivity contribution >= 4 is 17.7 Å². The zero-order valence-electron chi connectivity index (χ0n) is 25.0. The largest absolute Gasteiger partial charge is 0.469 e. The summed E-state index contributed by atoms with van der Waals surface area (Å²) in [4.78, 5) is 39.6. The van der Waals surface area contributed by atoms with E-state index in [2.05, 4.69) is 54.5 Å². The van der Waals surface area contributed by atoms with Gasteiger partial charge in [0.15, 0.2) is 5.78 Å². The summed E-state index contributed by atoms with van der Waals surface area (Å²) in [6, 6.07) is 0. The summed E-state index contributed by atoms with van der Waals surface area (Å²) in [5.41, 5.74) is -0.117. The lowest BCUT2D eigenvalue weighted by Crippen LogP contribution is -2.67. The predicted molar refractivity (Wildman–Crippen MR) is 147 cm³/mol. The molecule has 0 bridgehead atoms. The van der Waals surface area contributed by atoms with E-state index in [1.54, 1.807) is 0 Å². The standard InChI is InChI=1S/C33H48O5/c1-20-17-32(8)25(29(5)11-10-22(38-21(2)34)18-31(20,29)7)16-24(35)26-23-19-28(3,4)12-14-33(23,27(36)37-9)15-13-30(26,32)6/h10-11,16,20,22-23,26H,12-15,17-19H2,1-9H3/t20-,22?,23?,26?,29-,30-,31+,32-,33+/m1/s1. The van der Waals surface area contributed by atoms with E-state index in [0.717, 1.165) is 44.9 Å². The highest BCUT2D eigenvalue weighted by Gasteiger charge is 2.72. The zero-order valence-corrected chi connectivity index (χ0v) is 25.0. The van der Waals surface area contributed by atoms with Crippen LogP contribution in [0.15, 0.2) is 23.8 Å². The van der Waals surface area contributed by atoms with Crippen molar-refractivity contribution in [1.82, 2.24) is 0 Å². The topological polar surface area (TPSA) is 69.7 Å². The van der Waals surface area contributed by atoms with Crippen LogP contribution in [0.3, 0.4) is 0 Å². The third kappa shape index (κ3) is 3.38. The lowest BCUT2D eigenvalue weighted by molar-refractivity contribution is -0.195. The van der Waals surface area contributed by atoms with Gasteiger partial charge in [-0.05, 0) is 96.2 Å². The van der Waals surface area contributed by atoms with Crippen molar-refractivity contribution in [1.29, 1.82) is 0 Å². The highest BCUT2D eigenvalue weighted by atomic mass is 16.5. The lowest BCUT2D eigenvalue weighted by atomic mass is 9.32. The second-order valence-electron chi connectivity index (χ2n) is 15.2. The maximum absolute atomic E-state index is 14.4. The molecule has 38 heavy (non-hydrogen) atoms. The Morgan fingerprint density at radius 1 is 0.921 bits per heavy atom. The van der Waals surface area contributed by atoms with Crippen molar-refractivity contribution in [2.24, 2.45) is 50.2 Å². The number of fused-ring (bicyclic) bond motifs is 7. The fourth-order valence-electron chi connectivity index (χ4n) is 10.4. The van der Waals surface area contributed by atoms with Gasteiger partial charge in [-0.25, -0.2) is 0 Å². The summed E-state index contributed by atoms with van der Waals surface area (Å²) in [7, 11) is 1.51. The Morgan fingerprint density at radius 3 is 2.21 bits per heavy atom. The van der Waals surface area contributed by atoms with Gasteiger partial charge in [0.05, 0.1) is 12.5 Å². The number of carbonyl (C=O) groups is 3. The minimum absolute atomic E-state index is 0.00811. The Labute approximate surface area is 229 Å². The van der Waals surface area contributed by atoms with Crippen LogP contribution < -0.4 is 0 Å². The van der Waals surface area contributed by atoms with E-state index in [0.29, 0.717) is 5.92 Å². The fourth-order valence-corrected chi connectivity index (χ4v) is 10.4. The van der Waals surface area contributed by atoms with Crippen LogP contribution in [0.5, 0.6) is 0 Å². The SMILES string of the molecule is COC(=O)[C@]12CCC(C)(C)CC1C1C(=O)C=C3[C@@]4(C)C=CC(OC(C)=O)C[C@@]4(C)[C@H](C)C[C@@]3(C)[C@]1(C)CC2. The van der Waals surface area contributed by atoms with Gasteiger partial charge in [-0.2, -0.15) is 0 Å². The number of allylic oxidation sites excluding steroid dienone is 3. The molecular formula is C33H48O5. The highest BCUT2D eigenvalue weighted by molar-refractivity contribution is 5.96. The number of hydrogen-bond acceptors (Lipinski definition) is 5. The first-order chi connectivity index (χ1) is 17.5. The number of ketones is 1. The van der Waals surface area contributed by atoms with Crippen LogP contribution in [0.1, 0.15) is 100 Å². The fraction of sp³-hybridized carbons (Fsp3) is 0.788. The van der Waals surface area contributed by atoms with E-state index in [1.807, 2.05) is 12.2 Å². The van der Waals surface area contributed by atoms with Gasteiger partial charge >= 0.3 is 11.9 Å². The van der Waals surface area contributed by atoms with Gasteiger partial charge in [0.2, 0.25) is 0 Å². The summed E-state index contributed by atoms with van der Waals surface area (Å²) in [6.45, 7) is 17.8. The van der Waals surface area contributed by atoms with E-state index in [4.69, 9.17) is 9.47 Å². The van der Waals surface area contributed by atoms with Crippen molar-refractivity contribution in [2.45, 2.75) is 106 Å². The normalized spacial score (nSPS) is 49.0. The van der Waals surface area contributed by atoms with Crippen LogP contribution in [0.2, 0.25) is 0 Å². The molecule has 0 aromatic heterocycles. The van der Waals surface area contributed by atoms with Gasteiger partial charge in [0, 0.05) is 18.3 Å².